The molecule has 2 N–H and O–H groups in total. The van der Waals surface area contributed by atoms with Gasteiger partial charge in [-0.1, -0.05) is 19.9 Å². The summed E-state index contributed by atoms with van der Waals surface area (Å²) in [6.07, 6.45) is 0. The number of nitro groups is 1. The van der Waals surface area contributed by atoms with E-state index in [0.29, 0.717) is 16.7 Å². The Morgan fingerprint density at radius 2 is 2.06 bits per heavy atom. The van der Waals surface area contributed by atoms with Crippen LogP contribution in [0, 0.1) is 10.1 Å². The summed E-state index contributed by atoms with van der Waals surface area (Å²) in [5.74, 6) is 0.869. The molecule has 1 aromatic heterocycles. The molecule has 6 heteroatoms. The molecule has 0 saturated carbocycles. The first-order valence-corrected chi connectivity index (χ1v) is 5.21. The molecule has 6 nitrogen and oxygen atoms in total. The lowest BCUT2D eigenvalue weighted by Gasteiger charge is -2.07. The second kappa shape index (κ2) is 3.97. The maximum atomic E-state index is 10.9. The normalized spacial score (nSPS) is 11.0. The zero-order valence-electron chi connectivity index (χ0n) is 9.54. The Kier molecular flexibility index (Phi) is 2.63. The molecule has 1 heterocycles. The van der Waals surface area contributed by atoms with E-state index in [1.165, 1.54) is 6.07 Å². The molecule has 2 aromatic rings. The van der Waals surface area contributed by atoms with Gasteiger partial charge >= 0.3 is 0 Å². The summed E-state index contributed by atoms with van der Waals surface area (Å²) in [7, 11) is 0. The van der Waals surface area contributed by atoms with Crippen molar-refractivity contribution >= 4 is 22.4 Å². The molecule has 0 saturated heterocycles. The highest BCUT2D eigenvalue weighted by atomic mass is 16.6. The molecule has 0 atom stereocenters. The second-order valence-corrected chi connectivity index (χ2v) is 4.05. The fourth-order valence-electron chi connectivity index (χ4n) is 1.58. The molecule has 0 spiro atoms. The summed E-state index contributed by atoms with van der Waals surface area (Å²) in [5.41, 5.74) is 6.05. The van der Waals surface area contributed by atoms with Gasteiger partial charge < -0.3 is 5.73 Å². The lowest BCUT2D eigenvalue weighted by atomic mass is 10.1. The first-order valence-electron chi connectivity index (χ1n) is 5.21. The molecule has 1 aromatic carbocycles. The third kappa shape index (κ3) is 1.89. The van der Waals surface area contributed by atoms with E-state index in [1.54, 1.807) is 12.1 Å². The summed E-state index contributed by atoms with van der Waals surface area (Å²) in [5, 5.41) is 11.4. The summed E-state index contributed by atoms with van der Waals surface area (Å²) >= 11 is 0. The standard InChI is InChI=1S/C11H12N4O2/c1-6(2)11-13-9-7(10(12)14-11)4-3-5-8(9)15(16)17/h3-6H,1-2H3,(H2,12,13,14). The number of para-hydroxylation sites is 1. The van der Waals surface area contributed by atoms with Crippen LogP contribution in [0.2, 0.25) is 0 Å². The molecule has 0 bridgehead atoms. The van der Waals surface area contributed by atoms with Crippen molar-refractivity contribution in [3.63, 3.8) is 0 Å². The summed E-state index contributed by atoms with van der Waals surface area (Å²) in [6.45, 7) is 3.82. The number of nitro benzene ring substituents is 1. The van der Waals surface area contributed by atoms with Crippen molar-refractivity contribution in [1.82, 2.24) is 9.97 Å². The number of rotatable bonds is 2. The lowest BCUT2D eigenvalue weighted by molar-refractivity contribution is -0.383. The maximum Gasteiger partial charge on any atom is 0.295 e. The first kappa shape index (κ1) is 11.3. The van der Waals surface area contributed by atoms with Crippen molar-refractivity contribution in [2.45, 2.75) is 19.8 Å². The van der Waals surface area contributed by atoms with Gasteiger partial charge in [-0.25, -0.2) is 9.97 Å². The molecule has 0 amide bonds. The van der Waals surface area contributed by atoms with Crippen molar-refractivity contribution in [2.75, 3.05) is 5.73 Å². The minimum Gasteiger partial charge on any atom is -0.383 e. The molecule has 0 aliphatic heterocycles. The molecule has 88 valence electrons. The number of anilines is 1. The van der Waals surface area contributed by atoms with Gasteiger partial charge in [-0.15, -0.1) is 0 Å². The zero-order chi connectivity index (χ0) is 12.6. The van der Waals surface area contributed by atoms with Crippen LogP contribution in [0.4, 0.5) is 11.5 Å². The van der Waals surface area contributed by atoms with E-state index in [-0.39, 0.29) is 17.4 Å². The molecule has 0 aliphatic rings. The Morgan fingerprint density at radius 1 is 1.35 bits per heavy atom. The van der Waals surface area contributed by atoms with Crippen molar-refractivity contribution in [2.24, 2.45) is 0 Å². The summed E-state index contributed by atoms with van der Waals surface area (Å²) < 4.78 is 0. The first-order chi connectivity index (χ1) is 8.00. The Labute approximate surface area is 97.6 Å². The van der Waals surface area contributed by atoms with E-state index in [0.717, 1.165) is 0 Å². The van der Waals surface area contributed by atoms with Gasteiger partial charge in [0.1, 0.15) is 11.6 Å². The average molecular weight is 232 g/mol. The number of nitrogens with zero attached hydrogens (tertiary/aromatic N) is 3. The van der Waals surface area contributed by atoms with Gasteiger partial charge in [0.25, 0.3) is 5.69 Å². The van der Waals surface area contributed by atoms with Gasteiger partial charge in [0.15, 0.2) is 5.52 Å². The zero-order valence-corrected chi connectivity index (χ0v) is 9.54. The smallest absolute Gasteiger partial charge is 0.295 e. The SMILES string of the molecule is CC(C)c1nc(N)c2cccc([N+](=O)[O-])c2n1. The van der Waals surface area contributed by atoms with E-state index in [4.69, 9.17) is 5.73 Å². The molecular weight excluding hydrogens is 220 g/mol. The van der Waals surface area contributed by atoms with Crippen LogP contribution >= 0.6 is 0 Å². The van der Waals surface area contributed by atoms with Crippen LogP contribution < -0.4 is 5.73 Å². The van der Waals surface area contributed by atoms with Crippen LogP contribution in [-0.2, 0) is 0 Å². The monoisotopic (exact) mass is 232 g/mol. The number of aromatic nitrogens is 2. The fraction of sp³-hybridized carbons (Fsp3) is 0.273. The van der Waals surface area contributed by atoms with E-state index in [9.17, 15) is 10.1 Å². The second-order valence-electron chi connectivity index (χ2n) is 4.05. The highest BCUT2D eigenvalue weighted by molar-refractivity contribution is 5.94. The van der Waals surface area contributed by atoms with Crippen LogP contribution in [0.15, 0.2) is 18.2 Å². The number of nitrogens with two attached hydrogens (primary N) is 1. The summed E-state index contributed by atoms with van der Waals surface area (Å²) in [4.78, 5) is 18.8. The minimum atomic E-state index is -0.459. The maximum absolute atomic E-state index is 10.9. The average Bonchev–Trinajstić information content (AvgIpc) is 2.27. The largest absolute Gasteiger partial charge is 0.383 e. The highest BCUT2D eigenvalue weighted by Gasteiger charge is 2.17. The Bertz CT molecular complexity index is 595. The molecule has 2 rings (SSSR count). The summed E-state index contributed by atoms with van der Waals surface area (Å²) in [6, 6.07) is 4.68. The fourth-order valence-corrected chi connectivity index (χ4v) is 1.58. The Morgan fingerprint density at radius 3 is 2.65 bits per heavy atom. The predicted octanol–water partition coefficient (Wildman–Crippen LogP) is 2.24. The molecule has 0 radical (unpaired) electrons. The number of nitrogen functional groups attached to an aromatic ring is 1. The van der Waals surface area contributed by atoms with Gasteiger partial charge in [-0.05, 0) is 6.07 Å². The van der Waals surface area contributed by atoms with Crippen LogP contribution in [0.1, 0.15) is 25.6 Å². The molecule has 0 unspecified atom stereocenters. The lowest BCUT2D eigenvalue weighted by Crippen LogP contribution is -2.04. The van der Waals surface area contributed by atoms with Gasteiger partial charge in [0, 0.05) is 17.4 Å². The molecule has 17 heavy (non-hydrogen) atoms. The highest BCUT2D eigenvalue weighted by Crippen LogP contribution is 2.27. The minimum absolute atomic E-state index is 0.0431. The van der Waals surface area contributed by atoms with Crippen molar-refractivity contribution in [3.8, 4) is 0 Å². The van der Waals surface area contributed by atoms with Crippen molar-refractivity contribution < 1.29 is 4.92 Å². The van der Waals surface area contributed by atoms with Crippen molar-refractivity contribution in [3.05, 3.63) is 34.1 Å². The molecule has 0 aliphatic carbocycles. The number of hydrogen-bond acceptors (Lipinski definition) is 5. The quantitative estimate of drug-likeness (QED) is 0.632. The Hall–Kier alpha value is -2.24. The van der Waals surface area contributed by atoms with Crippen LogP contribution in [-0.4, -0.2) is 14.9 Å². The molecular formula is C11H12N4O2. The number of non-ortho nitro benzene ring substituents is 1. The number of hydrogen-bond donors (Lipinski definition) is 1. The van der Waals surface area contributed by atoms with Gasteiger partial charge in [-0.3, -0.25) is 10.1 Å². The van der Waals surface area contributed by atoms with Crippen molar-refractivity contribution in [1.29, 1.82) is 0 Å². The van der Waals surface area contributed by atoms with Crippen LogP contribution in [0.3, 0.4) is 0 Å². The van der Waals surface area contributed by atoms with E-state index >= 15 is 0 Å². The van der Waals surface area contributed by atoms with E-state index in [1.807, 2.05) is 13.8 Å². The van der Waals surface area contributed by atoms with Crippen LogP contribution in [0.25, 0.3) is 10.9 Å². The van der Waals surface area contributed by atoms with E-state index in [2.05, 4.69) is 9.97 Å². The topological polar surface area (TPSA) is 94.9 Å². The molecule has 0 fully saturated rings. The predicted molar refractivity (Wildman–Crippen MR) is 64.7 cm³/mol. The third-order valence-corrected chi connectivity index (χ3v) is 2.47. The number of benzene rings is 1. The third-order valence-electron chi connectivity index (χ3n) is 2.47. The van der Waals surface area contributed by atoms with Gasteiger partial charge in [0.05, 0.1) is 4.92 Å². The van der Waals surface area contributed by atoms with E-state index < -0.39 is 4.92 Å². The van der Waals surface area contributed by atoms with Gasteiger partial charge in [-0.2, -0.15) is 0 Å². The van der Waals surface area contributed by atoms with Gasteiger partial charge in [0.2, 0.25) is 0 Å². The Balaban J connectivity index is 2.83. The number of fused-ring (bicyclic) bond motifs is 1. The van der Waals surface area contributed by atoms with Crippen LogP contribution in [0.5, 0.6) is 0 Å².